The fraction of sp³-hybridized carbons (Fsp3) is 0.729. The molecule has 1 aromatic rings. The van der Waals surface area contributed by atoms with Crippen molar-refractivity contribution in [3.8, 4) is 0 Å². The predicted octanol–water partition coefficient (Wildman–Crippen LogP) is 9.82. The summed E-state index contributed by atoms with van der Waals surface area (Å²) in [5.74, 6) is 2.23. The van der Waals surface area contributed by atoms with Gasteiger partial charge in [0.2, 0.25) is 5.91 Å². The number of nitrogens with one attached hydrogen (secondary N) is 1. The molecule has 1 aromatic carbocycles. The van der Waals surface area contributed by atoms with Gasteiger partial charge >= 0.3 is 11.9 Å². The van der Waals surface area contributed by atoms with Crippen LogP contribution in [0.4, 0.5) is 0 Å². The first-order valence-electron chi connectivity index (χ1n) is 21.9. The smallest absolute Gasteiger partial charge is 0.335 e. The average molecular weight is 755 g/mol. The number of rotatable bonds is 10. The third-order valence-corrected chi connectivity index (χ3v) is 17.7. The van der Waals surface area contributed by atoms with Crippen LogP contribution in [0.5, 0.6) is 0 Å². The summed E-state index contributed by atoms with van der Waals surface area (Å²) >= 11 is 0. The van der Waals surface area contributed by atoms with Crippen LogP contribution in [0.2, 0.25) is 0 Å². The lowest BCUT2D eigenvalue weighted by Gasteiger charge is -2.72. The van der Waals surface area contributed by atoms with Gasteiger partial charge in [0, 0.05) is 32.6 Å². The van der Waals surface area contributed by atoms with Crippen LogP contribution in [0.25, 0.3) is 5.57 Å². The summed E-state index contributed by atoms with van der Waals surface area (Å²) in [5, 5.41) is 13.4. The number of amides is 1. The number of piperidine rings is 1. The Morgan fingerprint density at radius 2 is 1.60 bits per heavy atom. The number of hydrogen-bond acceptors (Lipinski definition) is 5. The quantitative estimate of drug-likeness (QED) is 0.140. The largest absolute Gasteiger partial charge is 0.478 e. The van der Waals surface area contributed by atoms with Gasteiger partial charge < -0.3 is 20.1 Å². The molecule has 5 fully saturated rings. The van der Waals surface area contributed by atoms with E-state index in [1.165, 1.54) is 68.1 Å². The minimum Gasteiger partial charge on any atom is -0.478 e. The lowest BCUT2D eigenvalue weighted by molar-refractivity contribution is -0.225. The van der Waals surface area contributed by atoms with E-state index in [0.29, 0.717) is 80.7 Å². The Balaban J connectivity index is 1.06. The van der Waals surface area contributed by atoms with Crippen LogP contribution < -0.4 is 5.32 Å². The molecule has 7 heteroatoms. The number of carboxylic acids is 1. The van der Waals surface area contributed by atoms with Gasteiger partial charge in [-0.3, -0.25) is 9.59 Å². The van der Waals surface area contributed by atoms with Gasteiger partial charge in [0.25, 0.3) is 0 Å². The molecule has 4 saturated carbocycles. The number of carboxylic acid groups (broad SMARTS) is 1. The van der Waals surface area contributed by atoms with Crippen molar-refractivity contribution in [3.63, 3.8) is 0 Å². The molecule has 0 radical (unpaired) electrons. The van der Waals surface area contributed by atoms with E-state index < -0.39 is 5.97 Å². The summed E-state index contributed by atoms with van der Waals surface area (Å²) in [6.07, 6.45) is 15.6. The Morgan fingerprint density at radius 3 is 2.25 bits per heavy atom. The van der Waals surface area contributed by atoms with Gasteiger partial charge in [0.05, 0.1) is 18.1 Å². The van der Waals surface area contributed by atoms with Gasteiger partial charge in [-0.1, -0.05) is 65.0 Å². The number of ether oxygens (including phenoxy) is 1. The van der Waals surface area contributed by atoms with E-state index in [1.54, 1.807) is 12.1 Å². The van der Waals surface area contributed by atoms with Crippen LogP contribution in [-0.2, 0) is 14.3 Å². The fourth-order valence-electron chi connectivity index (χ4n) is 14.8. The number of aromatic carboxylic acids is 1. The SMILES string of the molecule is C=C(C)C1CCC2(CNCCC(=O)N3CCC(C(=O)OCC)CC3)CCC3(C)C(CCC4C5(C)CC=C(c6ccc(C(=O)O)cc6)C(C)(C)C5CCC43C)C12. The monoisotopic (exact) mass is 755 g/mol. The first-order chi connectivity index (χ1) is 26.0. The zero-order valence-corrected chi connectivity index (χ0v) is 35.1. The van der Waals surface area contributed by atoms with Gasteiger partial charge in [0.1, 0.15) is 0 Å². The minimum atomic E-state index is -0.872. The highest BCUT2D eigenvalue weighted by molar-refractivity contribution is 5.88. The van der Waals surface area contributed by atoms with E-state index in [4.69, 9.17) is 4.74 Å². The van der Waals surface area contributed by atoms with E-state index in [1.807, 2.05) is 24.0 Å². The lowest BCUT2D eigenvalue weighted by atomic mass is 9.32. The van der Waals surface area contributed by atoms with E-state index in [-0.39, 0.29) is 44.9 Å². The molecule has 9 atom stereocenters. The zero-order chi connectivity index (χ0) is 39.6. The summed E-state index contributed by atoms with van der Waals surface area (Å²) in [4.78, 5) is 39.0. The van der Waals surface area contributed by atoms with E-state index >= 15 is 0 Å². The van der Waals surface area contributed by atoms with Crippen molar-refractivity contribution in [3.05, 3.63) is 53.6 Å². The molecule has 0 bridgehead atoms. The zero-order valence-electron chi connectivity index (χ0n) is 35.1. The topological polar surface area (TPSA) is 95.9 Å². The molecular formula is C48H70N2O5. The second-order valence-electron chi connectivity index (χ2n) is 20.3. The number of carbonyl (C=O) groups is 3. The van der Waals surface area contributed by atoms with Crippen LogP contribution in [-0.4, -0.2) is 60.6 Å². The van der Waals surface area contributed by atoms with Gasteiger partial charge in [-0.05, 0) is 164 Å². The van der Waals surface area contributed by atoms with Crippen molar-refractivity contribution < 1.29 is 24.2 Å². The Hall–Kier alpha value is -2.93. The standard InChI is InChI=1S/C48H70N2O5/c1-9-55-43(54)34-20-28-50(29-21-34)40(51)19-27-49-30-48-24-16-35(31(2)3)41(48)37-14-15-39-45(6)22-17-36(32-10-12-33(13-11-32)42(52)53)44(4,5)38(45)18-23-47(39,8)46(37,7)25-26-48/h10-13,17,34-35,37-39,41,49H,2,9,14-16,18-30H2,1,3-8H3,(H,52,53). The number of nitrogens with zero attached hydrogens (tertiary/aromatic N) is 1. The molecule has 5 aliphatic carbocycles. The van der Waals surface area contributed by atoms with Crippen molar-refractivity contribution in [1.29, 1.82) is 0 Å². The highest BCUT2D eigenvalue weighted by Gasteiger charge is 2.70. The molecule has 1 aliphatic heterocycles. The van der Waals surface area contributed by atoms with Crippen LogP contribution in [0, 0.1) is 62.6 Å². The average Bonchev–Trinajstić information content (AvgIpc) is 3.54. The van der Waals surface area contributed by atoms with Crippen molar-refractivity contribution in [1.82, 2.24) is 10.2 Å². The predicted molar refractivity (Wildman–Crippen MR) is 219 cm³/mol. The molecule has 1 saturated heterocycles. The van der Waals surface area contributed by atoms with Gasteiger partial charge in [-0.2, -0.15) is 0 Å². The third-order valence-electron chi connectivity index (χ3n) is 17.7. The van der Waals surface area contributed by atoms with Gasteiger partial charge in [-0.15, -0.1) is 0 Å². The number of fused-ring (bicyclic) bond motifs is 7. The second kappa shape index (κ2) is 14.8. The van der Waals surface area contributed by atoms with Crippen molar-refractivity contribution in [2.45, 2.75) is 126 Å². The molecule has 2 N–H and O–H groups in total. The third kappa shape index (κ3) is 6.55. The molecule has 1 amide bonds. The Bertz CT molecular complexity index is 1690. The first kappa shape index (κ1) is 40.3. The Labute approximate surface area is 331 Å². The molecule has 0 aromatic heterocycles. The maximum absolute atomic E-state index is 13.2. The summed E-state index contributed by atoms with van der Waals surface area (Å²) in [6.45, 7) is 25.1. The van der Waals surface area contributed by atoms with E-state index in [2.05, 4.69) is 59.5 Å². The second-order valence-corrected chi connectivity index (χ2v) is 20.3. The van der Waals surface area contributed by atoms with Crippen molar-refractivity contribution in [2.75, 3.05) is 32.8 Å². The van der Waals surface area contributed by atoms with Crippen molar-refractivity contribution >= 4 is 23.4 Å². The molecule has 7 nitrogen and oxygen atoms in total. The van der Waals surface area contributed by atoms with Gasteiger partial charge in [-0.25, -0.2) is 4.79 Å². The summed E-state index contributed by atoms with van der Waals surface area (Å²) in [5.41, 5.74) is 5.27. The number of benzene rings is 1. The van der Waals surface area contributed by atoms with Crippen LogP contribution in [0.3, 0.4) is 0 Å². The van der Waals surface area contributed by atoms with E-state index in [9.17, 15) is 19.5 Å². The molecule has 6 aliphatic rings. The molecule has 1 heterocycles. The van der Waals surface area contributed by atoms with Crippen molar-refractivity contribution in [2.24, 2.45) is 62.6 Å². The molecule has 9 unspecified atom stereocenters. The number of allylic oxidation sites excluding steroid dienone is 3. The summed E-state index contributed by atoms with van der Waals surface area (Å²) in [6, 6.07) is 7.58. The maximum Gasteiger partial charge on any atom is 0.335 e. The molecule has 302 valence electrons. The molecule has 0 spiro atoms. The highest BCUT2D eigenvalue weighted by Crippen LogP contribution is 2.77. The normalized spacial score (nSPS) is 38.1. The molecule has 55 heavy (non-hydrogen) atoms. The Kier molecular flexibility index (Phi) is 10.8. The summed E-state index contributed by atoms with van der Waals surface area (Å²) in [7, 11) is 0. The number of esters is 1. The fourth-order valence-corrected chi connectivity index (χ4v) is 14.8. The number of carbonyl (C=O) groups excluding carboxylic acids is 2. The Morgan fingerprint density at radius 1 is 0.891 bits per heavy atom. The number of hydrogen-bond donors (Lipinski definition) is 2. The first-order valence-corrected chi connectivity index (χ1v) is 21.9. The van der Waals surface area contributed by atoms with Crippen LogP contribution in [0.1, 0.15) is 141 Å². The van der Waals surface area contributed by atoms with Crippen LogP contribution >= 0.6 is 0 Å². The molecule has 7 rings (SSSR count). The number of likely N-dealkylation sites (tertiary alicyclic amines) is 1. The highest BCUT2D eigenvalue weighted by atomic mass is 16.5. The molecular weight excluding hydrogens is 685 g/mol. The summed E-state index contributed by atoms with van der Waals surface area (Å²) < 4.78 is 5.23. The van der Waals surface area contributed by atoms with Crippen LogP contribution in [0.15, 0.2) is 42.5 Å². The maximum atomic E-state index is 13.2. The van der Waals surface area contributed by atoms with Gasteiger partial charge in [0.15, 0.2) is 0 Å². The lowest BCUT2D eigenvalue weighted by Crippen LogP contribution is -2.65. The minimum absolute atomic E-state index is 0.00115. The van der Waals surface area contributed by atoms with E-state index in [0.717, 1.165) is 13.0 Å².